The largest absolute Gasteiger partial charge is 0.449 e. The van der Waals surface area contributed by atoms with Crippen LogP contribution in [0.15, 0.2) is 48.9 Å². The van der Waals surface area contributed by atoms with E-state index in [1.807, 2.05) is 58.0 Å². The summed E-state index contributed by atoms with van der Waals surface area (Å²) in [5, 5.41) is 13.0. The van der Waals surface area contributed by atoms with Crippen LogP contribution in [0.25, 0.3) is 21.9 Å². The summed E-state index contributed by atoms with van der Waals surface area (Å²) in [5.41, 5.74) is 2.30. The van der Waals surface area contributed by atoms with Gasteiger partial charge in [-0.15, -0.1) is 12.4 Å². The number of halogens is 1. The Morgan fingerprint density at radius 2 is 1.61 bits per heavy atom. The average molecular weight is 627 g/mol. The summed E-state index contributed by atoms with van der Waals surface area (Å²) in [6.45, 7) is 9.10. The second-order valence-electron chi connectivity index (χ2n) is 11.8. The molecular weight excluding hydrogens is 584 g/mol. The third-order valence-electron chi connectivity index (χ3n) is 7.34. The molecule has 11 nitrogen and oxygen atoms in total. The summed E-state index contributed by atoms with van der Waals surface area (Å²) in [7, 11) is 0. The minimum Gasteiger partial charge on any atom is -0.449 e. The number of amides is 4. The van der Waals surface area contributed by atoms with Crippen molar-refractivity contribution >= 4 is 47.2 Å². The van der Waals surface area contributed by atoms with Crippen molar-refractivity contribution in [2.75, 3.05) is 25.0 Å². The summed E-state index contributed by atoms with van der Waals surface area (Å²) in [6, 6.07) is 9.31. The number of nitrogens with one attached hydrogen (secondary N) is 4. The summed E-state index contributed by atoms with van der Waals surface area (Å²) < 4.78 is 10.9. The molecule has 1 aliphatic carbocycles. The van der Waals surface area contributed by atoms with Gasteiger partial charge in [0.25, 0.3) is 0 Å². The summed E-state index contributed by atoms with van der Waals surface area (Å²) in [5.74, 6) is 1.11. The number of benzene rings is 1. The number of anilines is 1. The van der Waals surface area contributed by atoms with E-state index in [9.17, 15) is 14.4 Å². The Morgan fingerprint density at radius 1 is 0.909 bits per heavy atom. The van der Waals surface area contributed by atoms with Crippen molar-refractivity contribution < 1.29 is 23.9 Å². The maximum atomic E-state index is 12.6. The summed E-state index contributed by atoms with van der Waals surface area (Å²) >= 11 is 0. The molecule has 2 aromatic heterocycles. The predicted molar refractivity (Wildman–Crippen MR) is 173 cm³/mol. The first-order chi connectivity index (χ1) is 20.6. The zero-order chi connectivity index (χ0) is 30.8. The Morgan fingerprint density at radius 3 is 2.30 bits per heavy atom. The third kappa shape index (κ3) is 10.3. The third-order valence-corrected chi connectivity index (χ3v) is 7.34. The Labute approximate surface area is 264 Å². The van der Waals surface area contributed by atoms with Crippen LogP contribution in [0.4, 0.5) is 20.2 Å². The second-order valence-corrected chi connectivity index (χ2v) is 11.8. The molecule has 1 aliphatic rings. The molecule has 1 aromatic carbocycles. The standard InChI is InChI=1S/C32H42N6O5.ClH/c1-5-34-29(39)38-28-16-26-25(23-12-14-33-15-13-23)11-10-24(27(26)19-35-28)18-37-30(40)42-20-22-8-6-21(7-9-22)17-36-31(41)43-32(2,3)4;/h10-16,19,21-22H,5-9,17-18,20H2,1-4H3,(H,36,41)(H,37,40)(H2,34,35,38,39);1H. The molecule has 2 heterocycles. The molecule has 0 atom stereocenters. The second kappa shape index (κ2) is 16.1. The molecule has 0 bridgehead atoms. The van der Waals surface area contributed by atoms with E-state index in [2.05, 4.69) is 31.2 Å². The van der Waals surface area contributed by atoms with E-state index in [0.29, 0.717) is 37.4 Å². The molecule has 4 amide bonds. The van der Waals surface area contributed by atoms with Crippen LogP contribution >= 0.6 is 12.4 Å². The van der Waals surface area contributed by atoms with Crippen LogP contribution in [0.5, 0.6) is 0 Å². The van der Waals surface area contributed by atoms with Crippen molar-refractivity contribution in [3.8, 4) is 11.1 Å². The van der Waals surface area contributed by atoms with Crippen molar-refractivity contribution in [3.05, 3.63) is 54.5 Å². The molecule has 4 rings (SSSR count). The lowest BCUT2D eigenvalue weighted by Gasteiger charge is -2.28. The Balaban J connectivity index is 0.00000529. The minimum absolute atomic E-state index is 0. The first-order valence-corrected chi connectivity index (χ1v) is 14.9. The molecule has 1 saturated carbocycles. The van der Waals surface area contributed by atoms with Gasteiger partial charge in [0.15, 0.2) is 0 Å². The SMILES string of the molecule is CCNC(=O)Nc1cc2c(-c3ccncc3)ccc(CNC(=O)OCC3CCC(CNC(=O)OC(C)(C)C)CC3)c2cn1.Cl. The van der Waals surface area contributed by atoms with Gasteiger partial charge >= 0.3 is 18.2 Å². The molecule has 12 heteroatoms. The van der Waals surface area contributed by atoms with Gasteiger partial charge in [-0.25, -0.2) is 19.4 Å². The minimum atomic E-state index is -0.512. The zero-order valence-electron chi connectivity index (χ0n) is 25.8. The lowest BCUT2D eigenvalue weighted by atomic mass is 9.82. The number of ether oxygens (including phenoxy) is 2. The van der Waals surface area contributed by atoms with Gasteiger partial charge < -0.3 is 25.4 Å². The molecule has 238 valence electrons. The number of urea groups is 1. The molecule has 44 heavy (non-hydrogen) atoms. The molecule has 0 saturated heterocycles. The Hall–Kier alpha value is -4.12. The first kappa shape index (κ1) is 34.4. The normalized spacial score (nSPS) is 16.3. The quantitative estimate of drug-likeness (QED) is 0.215. The highest BCUT2D eigenvalue weighted by molar-refractivity contribution is 6.00. The monoisotopic (exact) mass is 626 g/mol. The summed E-state index contributed by atoms with van der Waals surface area (Å²) in [4.78, 5) is 45.2. The Kier molecular flexibility index (Phi) is 12.6. The van der Waals surface area contributed by atoms with Crippen LogP contribution < -0.4 is 21.3 Å². The number of alkyl carbamates (subject to hydrolysis) is 2. The number of hydrogen-bond acceptors (Lipinski definition) is 7. The molecule has 0 spiro atoms. The van der Waals surface area contributed by atoms with Gasteiger partial charge in [-0.05, 0) is 105 Å². The van der Waals surface area contributed by atoms with Crippen molar-refractivity contribution in [2.24, 2.45) is 11.8 Å². The smallest absolute Gasteiger partial charge is 0.407 e. The molecule has 3 aromatic rings. The molecular formula is C32H43ClN6O5. The number of fused-ring (bicyclic) bond motifs is 1. The van der Waals surface area contributed by atoms with Crippen molar-refractivity contribution in [3.63, 3.8) is 0 Å². The maximum absolute atomic E-state index is 12.6. The fourth-order valence-electron chi connectivity index (χ4n) is 5.18. The van der Waals surface area contributed by atoms with Crippen LogP contribution in [0, 0.1) is 11.8 Å². The van der Waals surface area contributed by atoms with Gasteiger partial charge in [0.05, 0.1) is 6.61 Å². The van der Waals surface area contributed by atoms with E-state index in [4.69, 9.17) is 9.47 Å². The maximum Gasteiger partial charge on any atom is 0.407 e. The fourth-order valence-corrected chi connectivity index (χ4v) is 5.18. The van der Waals surface area contributed by atoms with Crippen molar-refractivity contribution in [1.29, 1.82) is 0 Å². The van der Waals surface area contributed by atoms with Crippen LogP contribution in [-0.2, 0) is 16.0 Å². The lowest BCUT2D eigenvalue weighted by molar-refractivity contribution is 0.0508. The van der Waals surface area contributed by atoms with Crippen molar-refractivity contribution in [1.82, 2.24) is 25.9 Å². The number of carbonyl (C=O) groups excluding carboxylic acids is 3. The molecule has 1 fully saturated rings. The number of hydrogen-bond donors (Lipinski definition) is 4. The average Bonchev–Trinajstić information content (AvgIpc) is 2.98. The lowest BCUT2D eigenvalue weighted by Crippen LogP contribution is -2.36. The van der Waals surface area contributed by atoms with E-state index in [0.717, 1.165) is 53.1 Å². The number of aromatic nitrogens is 2. The summed E-state index contributed by atoms with van der Waals surface area (Å²) in [6.07, 6.45) is 8.12. The number of pyridine rings is 2. The van der Waals surface area contributed by atoms with E-state index < -0.39 is 11.7 Å². The van der Waals surface area contributed by atoms with Crippen LogP contribution in [0.3, 0.4) is 0 Å². The van der Waals surface area contributed by atoms with Gasteiger partial charge in [0, 0.05) is 43.6 Å². The molecule has 4 N–H and O–H groups in total. The van der Waals surface area contributed by atoms with Gasteiger partial charge in [-0.1, -0.05) is 12.1 Å². The number of carbonyl (C=O) groups is 3. The number of nitrogens with zero attached hydrogens (tertiary/aromatic N) is 2. The number of rotatable bonds is 9. The highest BCUT2D eigenvalue weighted by Gasteiger charge is 2.24. The van der Waals surface area contributed by atoms with Crippen LogP contribution in [0.2, 0.25) is 0 Å². The first-order valence-electron chi connectivity index (χ1n) is 14.9. The van der Waals surface area contributed by atoms with Crippen LogP contribution in [-0.4, -0.2) is 53.5 Å². The van der Waals surface area contributed by atoms with E-state index >= 15 is 0 Å². The van der Waals surface area contributed by atoms with E-state index in [-0.39, 0.29) is 31.1 Å². The van der Waals surface area contributed by atoms with Crippen LogP contribution in [0.1, 0.15) is 58.9 Å². The van der Waals surface area contributed by atoms with E-state index in [1.165, 1.54) is 0 Å². The van der Waals surface area contributed by atoms with Gasteiger partial charge in [0.1, 0.15) is 11.4 Å². The van der Waals surface area contributed by atoms with Crippen molar-refractivity contribution in [2.45, 2.75) is 65.5 Å². The van der Waals surface area contributed by atoms with Gasteiger partial charge in [0.2, 0.25) is 0 Å². The highest BCUT2D eigenvalue weighted by atomic mass is 35.5. The van der Waals surface area contributed by atoms with Gasteiger partial charge in [-0.3, -0.25) is 10.3 Å². The Bertz CT molecular complexity index is 1410. The molecule has 0 aliphatic heterocycles. The topological polar surface area (TPSA) is 144 Å². The predicted octanol–water partition coefficient (Wildman–Crippen LogP) is 6.42. The van der Waals surface area contributed by atoms with Gasteiger partial charge in [-0.2, -0.15) is 0 Å². The van der Waals surface area contributed by atoms with E-state index in [1.54, 1.807) is 18.6 Å². The molecule has 0 unspecified atom stereocenters. The fraction of sp³-hybridized carbons (Fsp3) is 0.469. The highest BCUT2D eigenvalue weighted by Crippen LogP contribution is 2.32. The zero-order valence-corrected chi connectivity index (χ0v) is 26.6. The molecule has 0 radical (unpaired) electrons.